The maximum atomic E-state index is 11.7. The number of pyridine rings is 1. The molecule has 0 aliphatic rings. The number of halogens is 1. The van der Waals surface area contributed by atoms with Gasteiger partial charge in [-0.3, -0.25) is 0 Å². The third-order valence-corrected chi connectivity index (χ3v) is 3.64. The Morgan fingerprint density at radius 2 is 1.92 bits per heavy atom. The number of hydrogen-bond acceptors (Lipinski definition) is 4. The first-order valence-electron chi connectivity index (χ1n) is 7.80. The Balaban J connectivity index is 1.47. The summed E-state index contributed by atoms with van der Waals surface area (Å²) in [5, 5.41) is 1.65. The van der Waals surface area contributed by atoms with E-state index in [9.17, 15) is 4.79 Å². The number of fused-ring (bicyclic) bond motifs is 1. The Morgan fingerprint density at radius 3 is 2.80 bits per heavy atom. The number of rotatable bonds is 6. The fourth-order valence-corrected chi connectivity index (χ4v) is 2.41. The van der Waals surface area contributed by atoms with E-state index < -0.39 is 5.97 Å². The first-order valence-corrected chi connectivity index (χ1v) is 8.17. The van der Waals surface area contributed by atoms with Crippen LogP contribution in [0.5, 0.6) is 5.75 Å². The van der Waals surface area contributed by atoms with E-state index in [4.69, 9.17) is 21.1 Å². The van der Waals surface area contributed by atoms with E-state index in [2.05, 4.69) is 4.98 Å². The van der Waals surface area contributed by atoms with Crippen LogP contribution in [0.3, 0.4) is 0 Å². The van der Waals surface area contributed by atoms with Gasteiger partial charge in [-0.05, 0) is 36.4 Å². The molecule has 0 spiro atoms. The average Bonchev–Trinajstić information content (AvgIpc) is 2.63. The van der Waals surface area contributed by atoms with Gasteiger partial charge in [0.15, 0.2) is 0 Å². The lowest BCUT2D eigenvalue weighted by molar-refractivity contribution is -0.138. The molecule has 0 fully saturated rings. The summed E-state index contributed by atoms with van der Waals surface area (Å²) in [6.45, 7) is 0.412. The van der Waals surface area contributed by atoms with Gasteiger partial charge in [0.25, 0.3) is 0 Å². The third-order valence-electron chi connectivity index (χ3n) is 3.40. The van der Waals surface area contributed by atoms with Gasteiger partial charge in [0.1, 0.15) is 19.0 Å². The molecule has 5 heteroatoms. The molecule has 1 heterocycles. The average molecular weight is 354 g/mol. The Labute approximate surface area is 150 Å². The van der Waals surface area contributed by atoms with Crippen molar-refractivity contribution >= 4 is 34.5 Å². The van der Waals surface area contributed by atoms with E-state index in [-0.39, 0.29) is 13.2 Å². The summed E-state index contributed by atoms with van der Waals surface area (Å²) in [5.74, 6) is 0.198. The molecule has 0 aliphatic heterocycles. The highest BCUT2D eigenvalue weighted by atomic mass is 35.5. The van der Waals surface area contributed by atoms with Gasteiger partial charge in [0.05, 0.1) is 11.2 Å². The molecule has 0 atom stereocenters. The molecule has 4 nitrogen and oxygen atoms in total. The van der Waals surface area contributed by atoms with Crippen LogP contribution in [-0.4, -0.2) is 24.2 Å². The van der Waals surface area contributed by atoms with Gasteiger partial charge in [0, 0.05) is 16.5 Å². The number of esters is 1. The zero-order valence-corrected chi connectivity index (χ0v) is 14.1. The first kappa shape index (κ1) is 17.0. The van der Waals surface area contributed by atoms with Crippen LogP contribution in [0.25, 0.3) is 17.0 Å². The standard InChI is InChI=1S/C20H16ClNO3/c21-16-5-3-6-18(14-16)24-12-13-25-20(23)11-10-17-9-8-15-4-1-2-7-19(15)22-17/h1-11,14H,12-13H2/b11-10+. The second-order valence-electron chi connectivity index (χ2n) is 5.24. The molecule has 3 rings (SSSR count). The number of carbonyl (C=O) groups excluding carboxylic acids is 1. The van der Waals surface area contributed by atoms with Crippen LogP contribution in [0.4, 0.5) is 0 Å². The molecule has 3 aromatic rings. The first-order chi connectivity index (χ1) is 12.2. The van der Waals surface area contributed by atoms with Crippen LogP contribution >= 0.6 is 11.6 Å². The van der Waals surface area contributed by atoms with Crippen molar-refractivity contribution in [2.75, 3.05) is 13.2 Å². The lowest BCUT2D eigenvalue weighted by Gasteiger charge is -2.06. The molecule has 0 bridgehead atoms. The van der Waals surface area contributed by atoms with E-state index in [1.165, 1.54) is 6.08 Å². The summed E-state index contributed by atoms with van der Waals surface area (Å²) in [4.78, 5) is 16.2. The van der Waals surface area contributed by atoms with E-state index in [0.717, 1.165) is 10.9 Å². The highest BCUT2D eigenvalue weighted by molar-refractivity contribution is 6.30. The van der Waals surface area contributed by atoms with Crippen molar-refractivity contribution < 1.29 is 14.3 Å². The number of para-hydroxylation sites is 1. The number of aromatic nitrogens is 1. The second-order valence-corrected chi connectivity index (χ2v) is 5.67. The zero-order valence-electron chi connectivity index (χ0n) is 13.4. The summed E-state index contributed by atoms with van der Waals surface area (Å²) in [6, 6.07) is 18.7. The van der Waals surface area contributed by atoms with Gasteiger partial charge in [-0.25, -0.2) is 9.78 Å². The van der Waals surface area contributed by atoms with E-state index in [1.807, 2.05) is 36.4 Å². The van der Waals surface area contributed by atoms with Crippen molar-refractivity contribution in [2.45, 2.75) is 0 Å². The van der Waals surface area contributed by atoms with Crippen LogP contribution in [0.15, 0.2) is 66.7 Å². The van der Waals surface area contributed by atoms with Gasteiger partial charge in [0.2, 0.25) is 0 Å². The van der Waals surface area contributed by atoms with Crippen molar-refractivity contribution in [3.8, 4) is 5.75 Å². The Morgan fingerprint density at radius 1 is 1.04 bits per heavy atom. The summed E-state index contributed by atoms with van der Waals surface area (Å²) in [7, 11) is 0. The van der Waals surface area contributed by atoms with Crippen LogP contribution in [0, 0.1) is 0 Å². The summed E-state index contributed by atoms with van der Waals surface area (Å²) < 4.78 is 10.5. The monoisotopic (exact) mass is 353 g/mol. The van der Waals surface area contributed by atoms with E-state index in [1.54, 1.807) is 30.3 Å². The predicted octanol–water partition coefficient (Wildman–Crippen LogP) is 4.52. The lowest BCUT2D eigenvalue weighted by Crippen LogP contribution is -2.10. The Hall–Kier alpha value is -2.85. The largest absolute Gasteiger partial charge is 0.490 e. The maximum Gasteiger partial charge on any atom is 0.330 e. The number of hydrogen-bond donors (Lipinski definition) is 0. The van der Waals surface area contributed by atoms with Crippen molar-refractivity contribution in [1.82, 2.24) is 4.98 Å². The highest BCUT2D eigenvalue weighted by Crippen LogP contribution is 2.17. The Bertz CT molecular complexity index is 908. The van der Waals surface area contributed by atoms with Gasteiger partial charge in [-0.15, -0.1) is 0 Å². The van der Waals surface area contributed by atoms with Crippen molar-refractivity contribution in [3.05, 3.63) is 77.5 Å². The molecular weight excluding hydrogens is 338 g/mol. The van der Waals surface area contributed by atoms with Crippen LogP contribution in [-0.2, 0) is 9.53 Å². The highest BCUT2D eigenvalue weighted by Gasteiger charge is 2.00. The molecule has 0 saturated heterocycles. The zero-order chi connectivity index (χ0) is 17.5. The van der Waals surface area contributed by atoms with Crippen LogP contribution in [0.1, 0.15) is 5.69 Å². The molecular formula is C20H16ClNO3. The van der Waals surface area contributed by atoms with Crippen molar-refractivity contribution in [2.24, 2.45) is 0 Å². The summed E-state index contributed by atoms with van der Waals surface area (Å²) >= 11 is 5.86. The minimum Gasteiger partial charge on any atom is -0.490 e. The lowest BCUT2D eigenvalue weighted by atomic mass is 10.2. The topological polar surface area (TPSA) is 48.4 Å². The minimum absolute atomic E-state index is 0.154. The fraction of sp³-hybridized carbons (Fsp3) is 0.100. The van der Waals surface area contributed by atoms with E-state index >= 15 is 0 Å². The molecule has 0 unspecified atom stereocenters. The van der Waals surface area contributed by atoms with E-state index in [0.29, 0.717) is 16.5 Å². The van der Waals surface area contributed by atoms with Crippen molar-refractivity contribution in [1.29, 1.82) is 0 Å². The molecule has 0 radical (unpaired) electrons. The maximum absolute atomic E-state index is 11.7. The number of carbonyl (C=O) groups is 1. The smallest absolute Gasteiger partial charge is 0.330 e. The number of ether oxygens (including phenoxy) is 2. The molecule has 0 aliphatic carbocycles. The number of nitrogens with zero attached hydrogens (tertiary/aromatic N) is 1. The van der Waals surface area contributed by atoms with Crippen LogP contribution < -0.4 is 4.74 Å². The molecule has 1 aromatic heterocycles. The van der Waals surface area contributed by atoms with Crippen LogP contribution in [0.2, 0.25) is 5.02 Å². The molecule has 25 heavy (non-hydrogen) atoms. The van der Waals surface area contributed by atoms with Gasteiger partial charge in [-0.2, -0.15) is 0 Å². The SMILES string of the molecule is O=C(/C=C/c1ccc2ccccc2n1)OCCOc1cccc(Cl)c1. The Kier molecular flexibility index (Phi) is 5.65. The fourth-order valence-electron chi connectivity index (χ4n) is 2.23. The quantitative estimate of drug-likeness (QED) is 0.371. The second kappa shape index (κ2) is 8.31. The summed E-state index contributed by atoms with van der Waals surface area (Å²) in [5.41, 5.74) is 1.58. The molecule has 0 amide bonds. The molecule has 0 N–H and O–H groups in total. The number of benzene rings is 2. The van der Waals surface area contributed by atoms with Gasteiger partial charge >= 0.3 is 5.97 Å². The van der Waals surface area contributed by atoms with Gasteiger partial charge < -0.3 is 9.47 Å². The van der Waals surface area contributed by atoms with Gasteiger partial charge in [-0.1, -0.05) is 41.9 Å². The molecule has 126 valence electrons. The summed E-state index contributed by atoms with van der Waals surface area (Å²) in [6.07, 6.45) is 2.99. The van der Waals surface area contributed by atoms with Crippen molar-refractivity contribution in [3.63, 3.8) is 0 Å². The molecule has 2 aromatic carbocycles. The minimum atomic E-state index is -0.440. The third kappa shape index (κ3) is 5.06. The normalized spacial score (nSPS) is 10.9. The predicted molar refractivity (Wildman–Crippen MR) is 98.7 cm³/mol. The molecule has 0 saturated carbocycles.